The number of sulfonamides is 1. The van der Waals surface area contributed by atoms with Gasteiger partial charge in [0.05, 0.1) is 18.0 Å². The van der Waals surface area contributed by atoms with E-state index in [-0.39, 0.29) is 17.2 Å². The number of nitrogens with zero attached hydrogens (tertiary/aromatic N) is 2. The first-order valence-corrected chi connectivity index (χ1v) is 17.3. The number of carbonyl (C=O) groups excluding carboxylic acids is 1. The first-order chi connectivity index (χ1) is 20.3. The van der Waals surface area contributed by atoms with Crippen LogP contribution in [-0.4, -0.2) is 57.8 Å². The smallest absolute Gasteiger partial charge is 0.243 e. The Kier molecular flexibility index (Phi) is 10.0. The number of hydrogen-bond donors (Lipinski definition) is 1. The van der Waals surface area contributed by atoms with Crippen LogP contribution in [0.2, 0.25) is 0 Å². The van der Waals surface area contributed by atoms with E-state index in [1.807, 2.05) is 35.6 Å². The van der Waals surface area contributed by atoms with E-state index in [1.165, 1.54) is 34.9 Å². The van der Waals surface area contributed by atoms with Crippen molar-refractivity contribution in [2.24, 2.45) is 11.8 Å². The van der Waals surface area contributed by atoms with Gasteiger partial charge in [-0.15, -0.1) is 11.3 Å². The number of benzene rings is 2. The summed E-state index contributed by atoms with van der Waals surface area (Å²) >= 11 is 1.85. The Morgan fingerprint density at radius 1 is 1.05 bits per heavy atom. The van der Waals surface area contributed by atoms with Gasteiger partial charge in [0.1, 0.15) is 5.75 Å². The fourth-order valence-corrected chi connectivity index (χ4v) is 9.45. The second-order valence-electron chi connectivity index (χ2n) is 11.8. The molecule has 7 nitrogen and oxygen atoms in total. The number of amides is 1. The molecule has 0 radical (unpaired) electrons. The quantitative estimate of drug-likeness (QED) is 0.286. The van der Waals surface area contributed by atoms with E-state index in [9.17, 15) is 13.2 Å². The normalized spacial score (nSPS) is 22.0. The molecule has 2 aliphatic rings. The number of nitrogens with one attached hydrogen (secondary N) is 1. The highest BCUT2D eigenvalue weighted by molar-refractivity contribution is 7.89. The minimum absolute atomic E-state index is 0.102. The third kappa shape index (κ3) is 6.91. The largest absolute Gasteiger partial charge is 0.497 e. The van der Waals surface area contributed by atoms with E-state index in [2.05, 4.69) is 41.8 Å². The molecule has 2 atom stereocenters. The van der Waals surface area contributed by atoms with Crippen molar-refractivity contribution in [3.63, 3.8) is 0 Å². The highest BCUT2D eigenvalue weighted by atomic mass is 32.2. The molecule has 2 unspecified atom stereocenters. The monoisotopic (exact) mass is 609 g/mol. The van der Waals surface area contributed by atoms with Crippen LogP contribution < -0.4 is 10.1 Å². The van der Waals surface area contributed by atoms with Crippen molar-refractivity contribution in [3.8, 4) is 5.75 Å². The van der Waals surface area contributed by atoms with Gasteiger partial charge in [-0.1, -0.05) is 43.2 Å². The van der Waals surface area contributed by atoms with Gasteiger partial charge in [0.25, 0.3) is 0 Å². The van der Waals surface area contributed by atoms with Crippen molar-refractivity contribution in [3.05, 3.63) is 82.0 Å². The molecule has 1 aromatic heterocycles. The van der Waals surface area contributed by atoms with Gasteiger partial charge in [-0.2, -0.15) is 4.31 Å². The van der Waals surface area contributed by atoms with Crippen molar-refractivity contribution in [2.75, 3.05) is 34.3 Å². The Morgan fingerprint density at radius 3 is 2.45 bits per heavy atom. The van der Waals surface area contributed by atoms with Crippen LogP contribution in [0.4, 0.5) is 0 Å². The molecule has 1 amide bonds. The first kappa shape index (κ1) is 30.7. The third-order valence-electron chi connectivity index (χ3n) is 9.01. The Labute approximate surface area is 254 Å². The highest BCUT2D eigenvalue weighted by Gasteiger charge is 2.37. The maximum atomic E-state index is 13.8. The maximum absolute atomic E-state index is 13.8. The molecule has 9 heteroatoms. The van der Waals surface area contributed by atoms with Gasteiger partial charge in [-0.25, -0.2) is 8.42 Å². The molecular weight excluding hydrogens is 567 g/mol. The molecule has 1 fully saturated rings. The maximum Gasteiger partial charge on any atom is 0.243 e. The Morgan fingerprint density at radius 2 is 1.79 bits per heavy atom. The van der Waals surface area contributed by atoms with Crippen LogP contribution in [0.3, 0.4) is 0 Å². The SMILES string of the molecule is COc1ccc(S(=O)(=O)N2CCc3ccccc3C2CC(=O)NCCC2CCC(C(c3cccs3)N(C)C)CC2)cc1. The summed E-state index contributed by atoms with van der Waals surface area (Å²) in [4.78, 5) is 17.3. The van der Waals surface area contributed by atoms with Gasteiger partial charge in [0, 0.05) is 30.4 Å². The van der Waals surface area contributed by atoms with Gasteiger partial charge in [-0.05, 0) is 98.5 Å². The number of ether oxygens (including phenoxy) is 1. The van der Waals surface area contributed by atoms with Gasteiger partial charge < -0.3 is 15.0 Å². The summed E-state index contributed by atoms with van der Waals surface area (Å²) in [6.07, 6.45) is 6.45. The molecule has 2 heterocycles. The number of hydrogen-bond acceptors (Lipinski definition) is 6. The lowest BCUT2D eigenvalue weighted by Crippen LogP contribution is -2.42. The van der Waals surface area contributed by atoms with Gasteiger partial charge in [0.15, 0.2) is 0 Å². The second kappa shape index (κ2) is 13.7. The minimum atomic E-state index is -3.80. The predicted molar refractivity (Wildman–Crippen MR) is 168 cm³/mol. The van der Waals surface area contributed by atoms with Crippen molar-refractivity contribution in [1.82, 2.24) is 14.5 Å². The van der Waals surface area contributed by atoms with E-state index in [0.717, 1.165) is 17.5 Å². The topological polar surface area (TPSA) is 79.0 Å². The molecule has 1 saturated carbocycles. The number of methoxy groups -OCH3 is 1. The Hall–Kier alpha value is -2.72. The molecule has 42 heavy (non-hydrogen) atoms. The molecule has 1 N–H and O–H groups in total. The molecular formula is C33H43N3O4S2. The average Bonchev–Trinajstić information content (AvgIpc) is 3.52. The molecule has 3 aromatic rings. The molecule has 2 aromatic carbocycles. The van der Waals surface area contributed by atoms with E-state index >= 15 is 0 Å². The minimum Gasteiger partial charge on any atom is -0.497 e. The van der Waals surface area contributed by atoms with E-state index in [1.54, 1.807) is 31.4 Å². The lowest BCUT2D eigenvalue weighted by Gasteiger charge is -2.37. The molecule has 226 valence electrons. The molecule has 5 rings (SSSR count). The van der Waals surface area contributed by atoms with Crippen LogP contribution in [0.15, 0.2) is 70.9 Å². The second-order valence-corrected chi connectivity index (χ2v) is 14.7. The summed E-state index contributed by atoms with van der Waals surface area (Å²) in [7, 11) is 2.11. The number of fused-ring (bicyclic) bond motifs is 1. The number of carbonyl (C=O) groups is 1. The Balaban J connectivity index is 1.18. The molecule has 1 aliphatic carbocycles. The molecule has 0 bridgehead atoms. The number of thiophene rings is 1. The van der Waals surface area contributed by atoms with Crippen molar-refractivity contribution in [1.29, 1.82) is 0 Å². The van der Waals surface area contributed by atoms with E-state index in [0.29, 0.717) is 43.1 Å². The Bertz CT molecular complexity index is 1420. The summed E-state index contributed by atoms with van der Waals surface area (Å²) in [5, 5.41) is 5.29. The highest BCUT2D eigenvalue weighted by Crippen LogP contribution is 2.41. The van der Waals surface area contributed by atoms with Gasteiger partial charge >= 0.3 is 0 Å². The fraction of sp³-hybridized carbons (Fsp3) is 0.485. The summed E-state index contributed by atoms with van der Waals surface area (Å²) in [5.74, 6) is 1.76. The predicted octanol–water partition coefficient (Wildman–Crippen LogP) is 6.05. The van der Waals surface area contributed by atoms with Crippen LogP contribution in [0.1, 0.15) is 66.6 Å². The zero-order valence-corrected chi connectivity index (χ0v) is 26.5. The van der Waals surface area contributed by atoms with Crippen LogP contribution in [-0.2, 0) is 21.2 Å². The standard InChI is InChI=1S/C33H43N3O4S2/c1-35(2)33(31-9-6-22-41-31)26-12-10-24(11-13-26)18-20-34-32(37)23-30-29-8-5-4-7-25(29)19-21-36(30)42(38,39)28-16-14-27(40-3)15-17-28/h4-9,14-17,22,24,26,30,33H,10-13,18-21,23H2,1-3H3,(H,34,37). The van der Waals surface area contributed by atoms with Crippen molar-refractivity contribution in [2.45, 2.75) is 61.9 Å². The van der Waals surface area contributed by atoms with E-state index < -0.39 is 16.1 Å². The average molecular weight is 610 g/mol. The zero-order valence-electron chi connectivity index (χ0n) is 24.9. The lowest BCUT2D eigenvalue weighted by molar-refractivity contribution is -0.122. The molecule has 0 spiro atoms. The molecule has 0 saturated heterocycles. The summed E-state index contributed by atoms with van der Waals surface area (Å²) in [6.45, 7) is 0.960. The number of rotatable bonds is 11. The van der Waals surface area contributed by atoms with Crippen LogP contribution in [0.5, 0.6) is 5.75 Å². The summed E-state index contributed by atoms with van der Waals surface area (Å²) in [6, 6.07) is 18.7. The first-order valence-electron chi connectivity index (χ1n) is 15.0. The zero-order chi connectivity index (χ0) is 29.7. The molecule has 1 aliphatic heterocycles. The summed E-state index contributed by atoms with van der Waals surface area (Å²) in [5.41, 5.74) is 2.02. The third-order valence-corrected chi connectivity index (χ3v) is 11.9. The lowest BCUT2D eigenvalue weighted by atomic mass is 9.76. The van der Waals surface area contributed by atoms with E-state index in [4.69, 9.17) is 4.74 Å². The van der Waals surface area contributed by atoms with Gasteiger partial charge in [-0.3, -0.25) is 4.79 Å². The van der Waals surface area contributed by atoms with Crippen molar-refractivity contribution < 1.29 is 17.9 Å². The van der Waals surface area contributed by atoms with Crippen LogP contribution >= 0.6 is 11.3 Å². The summed E-state index contributed by atoms with van der Waals surface area (Å²) < 4.78 is 34.2. The van der Waals surface area contributed by atoms with Crippen molar-refractivity contribution >= 4 is 27.3 Å². The van der Waals surface area contributed by atoms with Crippen LogP contribution in [0.25, 0.3) is 0 Å². The fourth-order valence-electron chi connectivity index (χ4n) is 6.84. The van der Waals surface area contributed by atoms with Crippen LogP contribution in [0, 0.1) is 11.8 Å². The van der Waals surface area contributed by atoms with Gasteiger partial charge in [0.2, 0.25) is 15.9 Å².